The lowest BCUT2D eigenvalue weighted by molar-refractivity contribution is -0.268. The first-order valence-corrected chi connectivity index (χ1v) is 12.4. The van der Waals surface area contributed by atoms with Gasteiger partial charge in [-0.15, -0.1) is 0 Å². The van der Waals surface area contributed by atoms with Crippen molar-refractivity contribution in [3.63, 3.8) is 0 Å². The van der Waals surface area contributed by atoms with Gasteiger partial charge in [-0.1, -0.05) is 13.5 Å². The predicted octanol–water partition coefficient (Wildman–Crippen LogP) is 7.83. The van der Waals surface area contributed by atoms with Crippen LogP contribution in [-0.4, -0.2) is 59.1 Å². The van der Waals surface area contributed by atoms with E-state index >= 15 is 0 Å². The normalized spacial score (nSPS) is 17.4. The molecule has 0 radical (unpaired) electrons. The van der Waals surface area contributed by atoms with Crippen LogP contribution in [0.5, 0.6) is 0 Å². The Kier molecular flexibility index (Phi) is 12.0. The highest BCUT2D eigenvalue weighted by molar-refractivity contribution is 5.87. The second-order valence-corrected chi connectivity index (χ2v) is 12.0. The Bertz CT molecular complexity index is 916. The van der Waals surface area contributed by atoms with E-state index in [0.717, 1.165) is 0 Å². The lowest BCUT2D eigenvalue weighted by Crippen LogP contribution is -2.50. The fraction of sp³-hybridized carbons (Fsp3) is 0.808. The highest BCUT2D eigenvalue weighted by Gasteiger charge is 2.58. The summed E-state index contributed by atoms with van der Waals surface area (Å²) >= 11 is 0. The number of alkyl halides is 6. The van der Waals surface area contributed by atoms with Gasteiger partial charge in [0.15, 0.2) is 0 Å². The summed E-state index contributed by atoms with van der Waals surface area (Å²) in [6.45, 7) is 15.4. The largest absolute Gasteiger partial charge is 0.509 e. The van der Waals surface area contributed by atoms with Crippen LogP contribution in [0, 0.1) is 5.92 Å². The zero-order valence-electron chi connectivity index (χ0n) is 24.5. The molecule has 4 unspecified atom stereocenters. The summed E-state index contributed by atoms with van der Waals surface area (Å²) in [4.78, 5) is 36.4. The minimum absolute atomic E-state index is 0.163. The van der Waals surface area contributed by atoms with Gasteiger partial charge in [-0.25, -0.2) is 14.4 Å². The number of carbonyl (C=O) groups is 3. The molecule has 14 heteroatoms. The van der Waals surface area contributed by atoms with Gasteiger partial charge in [0, 0.05) is 12.0 Å². The van der Waals surface area contributed by atoms with E-state index in [2.05, 4.69) is 16.1 Å². The Morgan fingerprint density at radius 2 is 1.07 bits per heavy atom. The monoisotopic (exact) mass is 594 g/mol. The molecule has 0 rings (SSSR count). The van der Waals surface area contributed by atoms with E-state index < -0.39 is 84.3 Å². The second kappa shape index (κ2) is 12.9. The van der Waals surface area contributed by atoms with Crippen molar-refractivity contribution in [2.24, 2.45) is 5.92 Å². The summed E-state index contributed by atoms with van der Waals surface area (Å²) < 4.78 is 108. The van der Waals surface area contributed by atoms with Crippen LogP contribution < -0.4 is 0 Å². The molecule has 40 heavy (non-hydrogen) atoms. The van der Waals surface area contributed by atoms with Crippen molar-refractivity contribution in [3.05, 3.63) is 12.2 Å². The van der Waals surface area contributed by atoms with Crippen LogP contribution in [0.3, 0.4) is 0 Å². The zero-order valence-corrected chi connectivity index (χ0v) is 24.5. The topological polar surface area (TPSA) is 97.4 Å². The van der Waals surface area contributed by atoms with Crippen molar-refractivity contribution >= 4 is 18.3 Å². The Morgan fingerprint density at radius 1 is 0.700 bits per heavy atom. The van der Waals surface area contributed by atoms with Gasteiger partial charge in [-0.05, 0) is 81.1 Å². The molecule has 0 aliphatic carbocycles. The lowest BCUT2D eigenvalue weighted by atomic mass is 9.85. The van der Waals surface area contributed by atoms with Crippen LogP contribution in [0.2, 0.25) is 0 Å². The number of hydrogen-bond donors (Lipinski definition) is 0. The number of ether oxygens (including phenoxy) is 5. The fourth-order valence-corrected chi connectivity index (χ4v) is 3.24. The molecule has 0 amide bonds. The maximum Gasteiger partial charge on any atom is 0.509 e. The maximum atomic E-state index is 14.0. The molecule has 0 bridgehead atoms. The Balaban J connectivity index is 6.18. The molecule has 0 aromatic heterocycles. The quantitative estimate of drug-likeness (QED) is 0.109. The van der Waals surface area contributed by atoms with Crippen molar-refractivity contribution < 1.29 is 64.4 Å². The van der Waals surface area contributed by atoms with Gasteiger partial charge in [-0.2, -0.15) is 26.3 Å². The molecule has 0 aromatic rings. The summed E-state index contributed by atoms with van der Waals surface area (Å²) in [5.41, 5.74) is -8.82. The van der Waals surface area contributed by atoms with Gasteiger partial charge < -0.3 is 23.7 Å². The van der Waals surface area contributed by atoms with Crippen molar-refractivity contribution in [3.8, 4) is 0 Å². The van der Waals surface area contributed by atoms with Gasteiger partial charge in [0.2, 0.25) is 11.2 Å². The van der Waals surface area contributed by atoms with Gasteiger partial charge in [-0.3, -0.25) is 0 Å². The van der Waals surface area contributed by atoms with Crippen molar-refractivity contribution in [2.75, 3.05) is 0 Å². The first-order valence-electron chi connectivity index (χ1n) is 12.4. The Morgan fingerprint density at radius 3 is 1.40 bits per heavy atom. The number of carbonyl (C=O) groups excluding carboxylic acids is 3. The molecule has 0 saturated heterocycles. The molecule has 0 aliphatic heterocycles. The zero-order chi connectivity index (χ0) is 32.1. The molecule has 0 heterocycles. The summed E-state index contributed by atoms with van der Waals surface area (Å²) in [5, 5.41) is 0. The number of hydrogen-bond acceptors (Lipinski definition) is 8. The smallest absolute Gasteiger partial charge is 0.459 e. The van der Waals surface area contributed by atoms with Crippen LogP contribution >= 0.6 is 0 Å². The molecule has 234 valence electrons. The molecule has 4 atom stereocenters. The van der Waals surface area contributed by atoms with E-state index in [1.165, 1.54) is 55.4 Å². The average molecular weight is 595 g/mol. The van der Waals surface area contributed by atoms with Crippen molar-refractivity contribution in [1.82, 2.24) is 0 Å². The summed E-state index contributed by atoms with van der Waals surface area (Å²) in [6, 6.07) is 0. The predicted molar refractivity (Wildman–Crippen MR) is 131 cm³/mol. The third-order valence-corrected chi connectivity index (χ3v) is 5.45. The number of rotatable bonds is 10. The van der Waals surface area contributed by atoms with Crippen LogP contribution in [-0.2, 0) is 28.5 Å². The first-order chi connectivity index (χ1) is 17.5. The minimum atomic E-state index is -5.14. The van der Waals surface area contributed by atoms with Crippen LogP contribution in [0.4, 0.5) is 35.9 Å². The van der Waals surface area contributed by atoms with E-state index in [1.54, 1.807) is 0 Å². The van der Waals surface area contributed by atoms with Gasteiger partial charge in [0.1, 0.15) is 17.3 Å². The molecule has 0 spiro atoms. The molecular formula is C26H40F6O8. The van der Waals surface area contributed by atoms with Crippen LogP contribution in [0.1, 0.15) is 88.5 Å². The van der Waals surface area contributed by atoms with Crippen molar-refractivity contribution in [2.45, 2.75) is 129 Å². The minimum Gasteiger partial charge on any atom is -0.459 e. The SMILES string of the molecule is C=C(C)C(=O)OC(CCC(C)(OC(=O)OC(C)(C)C)C(F)(F)F)C(C)CC(C)(OC(=O)OC(C)(C)C)C(F)(F)F. The molecule has 0 fully saturated rings. The molecule has 8 nitrogen and oxygen atoms in total. The summed E-state index contributed by atoms with van der Waals surface area (Å²) in [6.07, 6.45) is -17.8. The third kappa shape index (κ3) is 12.2. The van der Waals surface area contributed by atoms with E-state index in [0.29, 0.717) is 13.8 Å². The van der Waals surface area contributed by atoms with Crippen LogP contribution in [0.25, 0.3) is 0 Å². The standard InChI is InChI=1S/C26H40F6O8/c1-15(2)18(33)36-17(12-13-23(10,25(27,28)29)39-19(34)37-21(4,5)6)16(3)14-24(11,26(30,31)32)40-20(35)38-22(7,8)9/h16-17H,1,12-14H2,2-11H3. The molecular weight excluding hydrogens is 554 g/mol. The molecule has 0 aromatic carbocycles. The van der Waals surface area contributed by atoms with Crippen LogP contribution in [0.15, 0.2) is 12.2 Å². The number of halogens is 6. The average Bonchev–Trinajstić information content (AvgIpc) is 2.65. The highest BCUT2D eigenvalue weighted by atomic mass is 19.4. The van der Waals surface area contributed by atoms with E-state index in [1.807, 2.05) is 0 Å². The van der Waals surface area contributed by atoms with E-state index in [9.17, 15) is 40.7 Å². The maximum absolute atomic E-state index is 14.0. The Hall–Kier alpha value is -2.67. The fourth-order valence-electron chi connectivity index (χ4n) is 3.24. The molecule has 0 aliphatic rings. The van der Waals surface area contributed by atoms with Gasteiger partial charge in [0.05, 0.1) is 0 Å². The van der Waals surface area contributed by atoms with Gasteiger partial charge >= 0.3 is 30.6 Å². The van der Waals surface area contributed by atoms with E-state index in [4.69, 9.17) is 14.2 Å². The lowest BCUT2D eigenvalue weighted by Gasteiger charge is -2.37. The third-order valence-electron chi connectivity index (χ3n) is 5.45. The van der Waals surface area contributed by atoms with Crippen molar-refractivity contribution in [1.29, 1.82) is 0 Å². The highest BCUT2D eigenvalue weighted by Crippen LogP contribution is 2.42. The summed E-state index contributed by atoms with van der Waals surface area (Å²) in [5.74, 6) is -2.39. The number of esters is 1. The van der Waals surface area contributed by atoms with Gasteiger partial charge in [0.25, 0.3) is 0 Å². The molecule has 0 N–H and O–H groups in total. The summed E-state index contributed by atoms with van der Waals surface area (Å²) in [7, 11) is 0. The Labute approximate surface area is 230 Å². The first kappa shape index (κ1) is 37.3. The second-order valence-electron chi connectivity index (χ2n) is 12.0. The van der Waals surface area contributed by atoms with E-state index in [-0.39, 0.29) is 5.57 Å². The molecule has 0 saturated carbocycles.